The molecule has 2 unspecified atom stereocenters. The van der Waals surface area contributed by atoms with Crippen LogP contribution < -0.4 is 0 Å². The molecule has 0 aromatic carbocycles. The van der Waals surface area contributed by atoms with Crippen molar-refractivity contribution < 1.29 is 105 Å². The number of ketones is 2. The van der Waals surface area contributed by atoms with Gasteiger partial charge in [0.2, 0.25) is 0 Å². The van der Waals surface area contributed by atoms with E-state index in [4.69, 9.17) is 47.4 Å². The van der Waals surface area contributed by atoms with Crippen molar-refractivity contribution in [1.29, 1.82) is 0 Å². The Morgan fingerprint density at radius 1 is 0.284 bits per heavy atom. The number of Topliss-reactive ketones (excluding diaryl/α,β-unsaturated/α-hetero) is 2. The Kier molecular flexibility index (Phi) is 41.8. The first-order valence-electron chi connectivity index (χ1n) is 57.4. The Morgan fingerprint density at radius 2 is 0.582 bits per heavy atom. The van der Waals surface area contributed by atoms with Crippen LogP contribution in [0.1, 0.15) is 480 Å². The maximum atomic E-state index is 13.6. The number of ether oxygens (including phenoxy) is 10. The number of hydrogen-bond acceptors (Lipinski definition) is 22. The number of carbonyl (C=O) groups excluding carboxylic acids is 12. The zero-order valence-corrected chi connectivity index (χ0v) is 92.5. The van der Waals surface area contributed by atoms with Crippen molar-refractivity contribution in [2.24, 2.45) is 138 Å². The summed E-state index contributed by atoms with van der Waals surface area (Å²) < 4.78 is 56.2. The molecular formula is C119H196O22. The summed E-state index contributed by atoms with van der Waals surface area (Å²) in [6, 6.07) is 0. The molecule has 0 aromatic rings. The van der Waals surface area contributed by atoms with Gasteiger partial charge in [0.15, 0.2) is 26.4 Å². The van der Waals surface area contributed by atoms with Gasteiger partial charge >= 0.3 is 59.7 Å². The van der Waals surface area contributed by atoms with E-state index < -0.39 is 49.6 Å². The third kappa shape index (κ3) is 28.8. The van der Waals surface area contributed by atoms with Crippen LogP contribution in [0.15, 0.2) is 0 Å². The highest BCUT2D eigenvalue weighted by molar-refractivity contribution is 5.92. The molecule has 12 bridgehead atoms. The molecule has 17 rings (SSSR count). The maximum Gasteiger partial charge on any atom is 0.344 e. The lowest BCUT2D eigenvalue weighted by atomic mass is 9.42. The SMILES string of the molecule is CCC(C)(C)C(=O)OCC(=O)OC(C)(C1CCCCC1)C1CCCCC1.CCC(C)(C)C(=O)OCC(=O)OC(CC)(C1CCCCC1)C1CCCCC1.CCC(C)(C)C(=O)OCC(=O)OC(CC)(CC)C12CC3CC(CC(C3)C1)C2.CCC(C)(C)C(=O)OCC(=O)OC1(C)C2CC3CC(C2)CC1C3.CCC(C)(C)C(=O)OCCOC(=O)C1CCCCC1C(=O)CCC(=O)C(C)(C)C12CC3CC(CC(C3)C1)C2. The standard InChI is InChI=1S/C32H50O6.C23H38O4.C23H40O4.C22H38O4.C19H30O4/c1-6-30(2,3)29(36)38-14-13-37-28(35)25-10-8-7-9-24(25)26(33)11-12-27(34)31(4,5)32-18-21-15-22(19-32)17-23(16-21)20-32;1-6-21(4,5)20(25)26-15-19(24)27-23(7-2,8-3)22-12-16-9-17(13-22)11-18(10-16)14-22;1-5-22(3,4)21(25)26-17-20(24)27-23(6-2,18-13-9-7-10-14-18)19-15-11-8-12-16-19;1-5-21(2,3)20(24)25-16-19(23)26-22(4,17-12-8-6-9-13-17)18-14-10-7-11-15-18;1-5-18(2,3)17(21)22-11-16(20)23-19(4)14-7-12-6-13(9-14)10-15(19)8-12/h21-25H,6-20H2,1-5H3;16-18H,6-15H2,1-5H3;18-19H,5-17H2,1-4H3;17-18H,5-16H2,1-4H3;12-15H,5-11H2,1-4H3. The molecule has 0 saturated heterocycles. The van der Waals surface area contributed by atoms with Gasteiger partial charge in [0.1, 0.15) is 47.2 Å². The van der Waals surface area contributed by atoms with E-state index in [1.165, 1.54) is 186 Å². The summed E-state index contributed by atoms with van der Waals surface area (Å²) >= 11 is 0. The van der Waals surface area contributed by atoms with Crippen LogP contribution in [0.25, 0.3) is 0 Å². The van der Waals surface area contributed by atoms with E-state index in [1.54, 1.807) is 0 Å². The highest BCUT2D eigenvalue weighted by atomic mass is 16.6. The summed E-state index contributed by atoms with van der Waals surface area (Å²) in [5.74, 6) is 5.13. The predicted octanol–water partition coefficient (Wildman–Crippen LogP) is 26.7. The van der Waals surface area contributed by atoms with Crippen LogP contribution >= 0.6 is 0 Å². The molecule has 22 heteroatoms. The van der Waals surface area contributed by atoms with E-state index in [0.29, 0.717) is 80.5 Å². The van der Waals surface area contributed by atoms with Crippen LogP contribution in [0, 0.1) is 138 Å². The Morgan fingerprint density at radius 3 is 0.929 bits per heavy atom. The van der Waals surface area contributed by atoms with Crippen LogP contribution in [0.3, 0.4) is 0 Å². The summed E-state index contributed by atoms with van der Waals surface area (Å²) in [6.07, 6.45) is 55.2. The third-order valence-corrected chi connectivity index (χ3v) is 40.3. The average molecular weight is 1980 g/mol. The molecule has 17 aliphatic rings. The van der Waals surface area contributed by atoms with Gasteiger partial charge in [-0.2, -0.15) is 0 Å². The minimum atomic E-state index is -0.563. The molecule has 2 atom stereocenters. The van der Waals surface area contributed by atoms with Gasteiger partial charge in [0.05, 0.1) is 33.0 Å². The average Bonchev–Trinajstić information content (AvgIpc) is 0.721. The maximum absolute atomic E-state index is 13.6. The fourth-order valence-electron chi connectivity index (χ4n) is 29.7. The molecule has 17 aliphatic carbocycles. The second kappa shape index (κ2) is 50.4. The second-order valence-corrected chi connectivity index (χ2v) is 51.6. The molecule has 141 heavy (non-hydrogen) atoms. The van der Waals surface area contributed by atoms with E-state index >= 15 is 0 Å². The fourth-order valence-corrected chi connectivity index (χ4v) is 29.7. The summed E-state index contributed by atoms with van der Waals surface area (Å²) in [7, 11) is 0. The highest BCUT2D eigenvalue weighted by Gasteiger charge is 2.64. The van der Waals surface area contributed by atoms with Crippen LogP contribution in [-0.4, -0.2) is 133 Å². The van der Waals surface area contributed by atoms with Crippen molar-refractivity contribution in [1.82, 2.24) is 0 Å². The lowest BCUT2D eigenvalue weighted by Crippen LogP contribution is -2.59. The number of esters is 10. The minimum Gasteiger partial charge on any atom is -0.462 e. The molecule has 0 N–H and O–H groups in total. The van der Waals surface area contributed by atoms with Crippen molar-refractivity contribution in [3.05, 3.63) is 0 Å². The molecule has 0 heterocycles. The quantitative estimate of drug-likeness (QED) is 0.0313. The number of hydrogen-bond donors (Lipinski definition) is 0. The number of rotatable bonds is 40. The van der Waals surface area contributed by atoms with Crippen molar-refractivity contribution in [3.8, 4) is 0 Å². The molecule has 22 nitrogen and oxygen atoms in total. The van der Waals surface area contributed by atoms with Crippen LogP contribution in [0.4, 0.5) is 0 Å². The molecule has 0 amide bonds. The lowest BCUT2D eigenvalue weighted by Gasteiger charge is -2.63. The van der Waals surface area contributed by atoms with E-state index in [0.717, 1.165) is 131 Å². The summed E-state index contributed by atoms with van der Waals surface area (Å²) in [5.41, 5.74) is -4.50. The Bertz CT molecular complexity index is 3990. The Hall–Kier alpha value is -5.96. The summed E-state index contributed by atoms with van der Waals surface area (Å²) in [4.78, 5) is 151. The van der Waals surface area contributed by atoms with Gasteiger partial charge in [-0.05, 0) is 396 Å². The van der Waals surface area contributed by atoms with E-state index in [-0.39, 0.29) is 152 Å². The molecular weight excluding hydrogens is 1780 g/mol. The minimum absolute atomic E-state index is 0.000478. The highest BCUT2D eigenvalue weighted by Crippen LogP contribution is 2.69. The van der Waals surface area contributed by atoms with Gasteiger partial charge in [-0.25, -0.2) is 19.2 Å². The summed E-state index contributed by atoms with van der Waals surface area (Å²) in [5, 5.41) is 0. The smallest absolute Gasteiger partial charge is 0.344 e. The van der Waals surface area contributed by atoms with Crippen LogP contribution in [-0.2, 0) is 105 Å². The zero-order chi connectivity index (χ0) is 104. The van der Waals surface area contributed by atoms with Gasteiger partial charge in [-0.15, -0.1) is 0 Å². The van der Waals surface area contributed by atoms with Crippen LogP contribution in [0.2, 0.25) is 0 Å². The topological polar surface area (TPSA) is 297 Å². The molecule has 0 aromatic heterocycles. The molecule has 17 saturated carbocycles. The van der Waals surface area contributed by atoms with Crippen molar-refractivity contribution in [2.45, 2.75) is 502 Å². The van der Waals surface area contributed by atoms with Crippen LogP contribution in [0.5, 0.6) is 0 Å². The predicted molar refractivity (Wildman–Crippen MR) is 547 cm³/mol. The number of carbonyl (C=O) groups is 12. The first kappa shape index (κ1) is 117. The molecule has 17 fully saturated rings. The van der Waals surface area contributed by atoms with E-state index in [2.05, 4.69) is 48.5 Å². The fraction of sp³-hybridized carbons (Fsp3) is 0.899. The largest absolute Gasteiger partial charge is 0.462 e. The van der Waals surface area contributed by atoms with Gasteiger partial charge in [-0.3, -0.25) is 38.4 Å². The van der Waals surface area contributed by atoms with Gasteiger partial charge in [0, 0.05) is 29.6 Å². The molecule has 0 aliphatic heterocycles. The van der Waals surface area contributed by atoms with Crippen molar-refractivity contribution >= 4 is 71.3 Å². The molecule has 804 valence electrons. The Labute approximate surface area is 851 Å². The first-order valence-corrected chi connectivity index (χ1v) is 57.4. The van der Waals surface area contributed by atoms with E-state index in [9.17, 15) is 57.5 Å². The van der Waals surface area contributed by atoms with Gasteiger partial charge < -0.3 is 47.4 Å². The van der Waals surface area contributed by atoms with Crippen molar-refractivity contribution in [2.75, 3.05) is 39.6 Å². The lowest BCUT2D eigenvalue weighted by molar-refractivity contribution is -0.215. The second-order valence-electron chi connectivity index (χ2n) is 51.6. The van der Waals surface area contributed by atoms with Gasteiger partial charge in [0.25, 0.3) is 0 Å². The van der Waals surface area contributed by atoms with Gasteiger partial charge in [-0.1, -0.05) is 159 Å². The monoisotopic (exact) mass is 1980 g/mol. The normalized spacial score (nSPS) is 29.0. The first-order chi connectivity index (χ1) is 66.5. The third-order valence-electron chi connectivity index (χ3n) is 40.3. The van der Waals surface area contributed by atoms with E-state index in [1.807, 2.05) is 104 Å². The molecule has 0 spiro atoms. The summed E-state index contributed by atoms with van der Waals surface area (Å²) in [6.45, 7) is 42.1. The van der Waals surface area contributed by atoms with Crippen molar-refractivity contribution in [3.63, 3.8) is 0 Å². The molecule has 0 radical (unpaired) electrons. The zero-order valence-electron chi connectivity index (χ0n) is 92.5. The Balaban J connectivity index is 0.000000183.